The van der Waals surface area contributed by atoms with Gasteiger partial charge in [-0.15, -0.1) is 5.06 Å². The number of rotatable bonds is 2. The van der Waals surface area contributed by atoms with E-state index in [9.17, 15) is 9.59 Å². The maximum atomic E-state index is 11.4. The number of fused-ring (bicyclic) bond motifs is 1. The van der Waals surface area contributed by atoms with E-state index in [0.29, 0.717) is 5.56 Å². The van der Waals surface area contributed by atoms with Crippen LogP contribution in [0.25, 0.3) is 0 Å². The number of carbonyl (C=O) groups excluding carboxylic acids is 2. The summed E-state index contributed by atoms with van der Waals surface area (Å²) in [5.41, 5.74) is 1.59. The zero-order valence-electron chi connectivity index (χ0n) is 8.36. The molecule has 0 aliphatic carbocycles. The minimum absolute atomic E-state index is 0.167. The van der Waals surface area contributed by atoms with E-state index in [1.807, 2.05) is 13.0 Å². The number of nitrogens with zero attached hydrogens (tertiary/aromatic N) is 1. The first-order valence-electron chi connectivity index (χ1n) is 4.85. The van der Waals surface area contributed by atoms with Crippen LogP contribution in [0.15, 0.2) is 18.2 Å². The predicted molar refractivity (Wildman–Crippen MR) is 52.7 cm³/mol. The van der Waals surface area contributed by atoms with Crippen LogP contribution < -0.4 is 0 Å². The van der Waals surface area contributed by atoms with Crippen molar-refractivity contribution in [3.8, 4) is 0 Å². The van der Waals surface area contributed by atoms with E-state index in [2.05, 4.69) is 0 Å². The normalized spacial score (nSPS) is 14.7. The van der Waals surface area contributed by atoms with E-state index in [-0.39, 0.29) is 10.6 Å². The highest BCUT2D eigenvalue weighted by atomic mass is 16.5. The Kier molecular flexibility index (Phi) is 2.28. The van der Waals surface area contributed by atoms with Gasteiger partial charge in [0.15, 0.2) is 0 Å². The van der Waals surface area contributed by atoms with Gasteiger partial charge >= 0.3 is 0 Å². The highest BCUT2D eigenvalue weighted by molar-refractivity contribution is 6.20. The number of hydrogen-bond donors (Lipinski definition) is 1. The van der Waals surface area contributed by atoms with Crippen molar-refractivity contribution < 1.29 is 14.8 Å². The van der Waals surface area contributed by atoms with Crippen molar-refractivity contribution in [2.24, 2.45) is 0 Å². The molecule has 1 aliphatic rings. The van der Waals surface area contributed by atoms with Crippen LogP contribution in [0, 0.1) is 0 Å². The van der Waals surface area contributed by atoms with Gasteiger partial charge in [0.05, 0.1) is 11.1 Å². The fraction of sp³-hybridized carbons (Fsp3) is 0.273. The third-order valence-electron chi connectivity index (χ3n) is 2.47. The first-order valence-corrected chi connectivity index (χ1v) is 4.85. The molecular weight excluding hydrogens is 194 g/mol. The Labute approximate surface area is 87.1 Å². The van der Waals surface area contributed by atoms with Gasteiger partial charge in [-0.05, 0) is 24.1 Å². The van der Waals surface area contributed by atoms with Crippen molar-refractivity contribution in [2.75, 3.05) is 0 Å². The van der Waals surface area contributed by atoms with Gasteiger partial charge in [0.2, 0.25) is 0 Å². The molecule has 0 saturated heterocycles. The van der Waals surface area contributed by atoms with E-state index in [1.165, 1.54) is 0 Å². The molecule has 0 atom stereocenters. The zero-order chi connectivity index (χ0) is 11.0. The first-order chi connectivity index (χ1) is 7.15. The SMILES string of the molecule is CCCc1ccc2c(c1)C(=O)N(O)C2=O. The summed E-state index contributed by atoms with van der Waals surface area (Å²) in [4.78, 5) is 22.7. The van der Waals surface area contributed by atoms with Gasteiger partial charge in [-0.1, -0.05) is 19.4 Å². The van der Waals surface area contributed by atoms with Crippen LogP contribution >= 0.6 is 0 Å². The Morgan fingerprint density at radius 2 is 1.87 bits per heavy atom. The van der Waals surface area contributed by atoms with E-state index in [4.69, 9.17) is 5.21 Å². The second-order valence-corrected chi connectivity index (χ2v) is 3.55. The summed E-state index contributed by atoms with van der Waals surface area (Å²) in [6, 6.07) is 5.08. The zero-order valence-corrected chi connectivity index (χ0v) is 8.36. The summed E-state index contributed by atoms with van der Waals surface area (Å²) in [7, 11) is 0. The van der Waals surface area contributed by atoms with Gasteiger partial charge in [-0.25, -0.2) is 0 Å². The second kappa shape index (κ2) is 3.47. The Morgan fingerprint density at radius 1 is 1.20 bits per heavy atom. The number of benzene rings is 1. The predicted octanol–water partition coefficient (Wildman–Crippen LogP) is 1.62. The topological polar surface area (TPSA) is 57.6 Å². The molecule has 15 heavy (non-hydrogen) atoms. The molecule has 1 aromatic rings. The van der Waals surface area contributed by atoms with Crippen LogP contribution in [0.2, 0.25) is 0 Å². The van der Waals surface area contributed by atoms with Crippen molar-refractivity contribution in [1.82, 2.24) is 5.06 Å². The Morgan fingerprint density at radius 3 is 2.53 bits per heavy atom. The van der Waals surface area contributed by atoms with E-state index < -0.39 is 11.8 Å². The summed E-state index contributed by atoms with van der Waals surface area (Å²) in [5, 5.41) is 9.31. The standard InChI is InChI=1S/C11H11NO3/c1-2-3-7-4-5-8-9(6-7)11(14)12(15)10(8)13/h4-6,15H,2-3H2,1H3. The minimum Gasteiger partial charge on any atom is -0.278 e. The van der Waals surface area contributed by atoms with Gasteiger partial charge in [0.1, 0.15) is 0 Å². The van der Waals surface area contributed by atoms with Gasteiger partial charge in [0, 0.05) is 0 Å². The molecular formula is C11H11NO3. The minimum atomic E-state index is -0.641. The maximum Gasteiger partial charge on any atom is 0.285 e. The first kappa shape index (κ1) is 9.86. The summed E-state index contributed by atoms with van der Waals surface area (Å²) in [6.45, 7) is 2.04. The average Bonchev–Trinajstić information content (AvgIpc) is 2.45. The van der Waals surface area contributed by atoms with Crippen LogP contribution in [0.1, 0.15) is 39.6 Å². The molecule has 78 valence electrons. The van der Waals surface area contributed by atoms with Crippen molar-refractivity contribution in [2.45, 2.75) is 19.8 Å². The van der Waals surface area contributed by atoms with Crippen LogP contribution in [0.4, 0.5) is 0 Å². The lowest BCUT2D eigenvalue weighted by molar-refractivity contribution is -0.0327. The number of aryl methyl sites for hydroxylation is 1. The van der Waals surface area contributed by atoms with E-state index in [0.717, 1.165) is 18.4 Å². The van der Waals surface area contributed by atoms with Gasteiger partial charge in [0.25, 0.3) is 11.8 Å². The number of hydrogen-bond acceptors (Lipinski definition) is 3. The number of imide groups is 1. The molecule has 4 nitrogen and oxygen atoms in total. The quantitative estimate of drug-likeness (QED) is 0.589. The molecule has 0 saturated carbocycles. The molecule has 0 bridgehead atoms. The van der Waals surface area contributed by atoms with E-state index in [1.54, 1.807) is 12.1 Å². The molecule has 0 spiro atoms. The lowest BCUT2D eigenvalue weighted by Gasteiger charge is -2.00. The third kappa shape index (κ3) is 1.43. The highest BCUT2D eigenvalue weighted by Gasteiger charge is 2.34. The summed E-state index contributed by atoms with van der Waals surface area (Å²) < 4.78 is 0. The molecule has 1 heterocycles. The summed E-state index contributed by atoms with van der Waals surface area (Å²) >= 11 is 0. The lowest BCUT2D eigenvalue weighted by Crippen LogP contribution is -2.25. The van der Waals surface area contributed by atoms with Gasteiger partial charge in [-0.2, -0.15) is 0 Å². The molecule has 1 aliphatic heterocycles. The highest BCUT2D eigenvalue weighted by Crippen LogP contribution is 2.22. The number of amides is 2. The molecule has 1 N–H and O–H groups in total. The molecule has 2 amide bonds. The lowest BCUT2D eigenvalue weighted by atomic mass is 10.0. The smallest absolute Gasteiger partial charge is 0.278 e. The average molecular weight is 205 g/mol. The van der Waals surface area contributed by atoms with Crippen LogP contribution in [-0.2, 0) is 6.42 Å². The molecule has 0 radical (unpaired) electrons. The molecule has 0 unspecified atom stereocenters. The summed E-state index contributed by atoms with van der Waals surface area (Å²) in [6.07, 6.45) is 1.84. The molecule has 0 fully saturated rings. The van der Waals surface area contributed by atoms with Crippen LogP contribution in [-0.4, -0.2) is 22.1 Å². The second-order valence-electron chi connectivity index (χ2n) is 3.55. The van der Waals surface area contributed by atoms with Crippen LogP contribution in [0.3, 0.4) is 0 Å². The van der Waals surface area contributed by atoms with Crippen LogP contribution in [0.5, 0.6) is 0 Å². The maximum absolute atomic E-state index is 11.4. The van der Waals surface area contributed by atoms with E-state index >= 15 is 0 Å². The third-order valence-corrected chi connectivity index (χ3v) is 2.47. The Balaban J connectivity index is 2.47. The fourth-order valence-electron chi connectivity index (χ4n) is 1.72. The Hall–Kier alpha value is -1.68. The molecule has 0 aromatic heterocycles. The molecule has 2 rings (SSSR count). The number of carbonyl (C=O) groups is 2. The van der Waals surface area contributed by atoms with Crippen molar-refractivity contribution in [3.05, 3.63) is 34.9 Å². The largest absolute Gasteiger partial charge is 0.285 e. The van der Waals surface area contributed by atoms with Gasteiger partial charge in [-0.3, -0.25) is 14.8 Å². The van der Waals surface area contributed by atoms with Crippen molar-refractivity contribution >= 4 is 11.8 Å². The Bertz CT molecular complexity index is 439. The van der Waals surface area contributed by atoms with Crippen molar-refractivity contribution in [1.29, 1.82) is 0 Å². The monoisotopic (exact) mass is 205 g/mol. The van der Waals surface area contributed by atoms with Crippen molar-refractivity contribution in [3.63, 3.8) is 0 Å². The number of hydroxylamine groups is 2. The summed E-state index contributed by atoms with van der Waals surface area (Å²) in [5.74, 6) is -1.27. The fourth-order valence-corrected chi connectivity index (χ4v) is 1.72. The molecule has 4 heteroatoms. The molecule has 1 aromatic carbocycles. The van der Waals surface area contributed by atoms with Gasteiger partial charge < -0.3 is 0 Å².